The van der Waals surface area contributed by atoms with E-state index in [1.165, 1.54) is 0 Å². The molecule has 0 bridgehead atoms. The van der Waals surface area contributed by atoms with E-state index >= 15 is 0 Å². The molecule has 7 nitrogen and oxygen atoms in total. The highest BCUT2D eigenvalue weighted by Gasteiger charge is 2.36. The molecule has 10 heteroatoms. The summed E-state index contributed by atoms with van der Waals surface area (Å²) in [7, 11) is 0. The van der Waals surface area contributed by atoms with E-state index in [4.69, 9.17) is 21.1 Å². The third kappa shape index (κ3) is 6.94. The molecule has 4 rings (SSSR count). The minimum Gasteiger partial charge on any atom is -0.490 e. The lowest BCUT2D eigenvalue weighted by Gasteiger charge is -2.15. The van der Waals surface area contributed by atoms with Gasteiger partial charge in [0.25, 0.3) is 11.1 Å². The van der Waals surface area contributed by atoms with E-state index in [0.29, 0.717) is 45.5 Å². The number of nitrogens with zero attached hydrogens (tertiary/aromatic N) is 1. The van der Waals surface area contributed by atoms with Crippen LogP contribution < -0.4 is 14.8 Å². The van der Waals surface area contributed by atoms with Gasteiger partial charge in [-0.1, -0.05) is 41.9 Å². The third-order valence-corrected chi connectivity index (χ3v) is 6.91. The molecule has 0 saturated carbocycles. The molecule has 1 aliphatic rings. The summed E-state index contributed by atoms with van der Waals surface area (Å²) in [5.74, 6) is 0.00636. The second-order valence-electron chi connectivity index (χ2n) is 7.86. The lowest BCUT2D eigenvalue weighted by molar-refractivity contribution is -0.127. The Morgan fingerprint density at radius 3 is 2.51 bits per heavy atom. The number of hydrogen-bond acceptors (Lipinski definition) is 6. The highest BCUT2D eigenvalue weighted by atomic mass is 79.9. The van der Waals surface area contributed by atoms with E-state index in [1.54, 1.807) is 54.6 Å². The van der Waals surface area contributed by atoms with Gasteiger partial charge in [0.2, 0.25) is 5.91 Å². The number of ether oxygens (including phenoxy) is 2. The van der Waals surface area contributed by atoms with Crippen molar-refractivity contribution in [3.63, 3.8) is 0 Å². The molecule has 1 aliphatic heterocycles. The summed E-state index contributed by atoms with van der Waals surface area (Å²) in [5, 5.41) is 2.82. The molecule has 3 aromatic rings. The van der Waals surface area contributed by atoms with Crippen LogP contribution in [0.15, 0.2) is 76.1 Å². The Hall–Kier alpha value is -3.27. The van der Waals surface area contributed by atoms with E-state index in [-0.39, 0.29) is 11.4 Å². The topological polar surface area (TPSA) is 84.9 Å². The Balaban J connectivity index is 1.49. The fourth-order valence-electron chi connectivity index (χ4n) is 3.46. The number of anilines is 1. The van der Waals surface area contributed by atoms with Gasteiger partial charge in [0, 0.05) is 10.7 Å². The number of thioether (sulfide) groups is 1. The number of para-hydroxylation sites is 1. The standard InChI is InChI=1S/C27H22BrClN2O5S/c1-2-35-22-13-18(12-21(28)25(22)36-16-17-8-10-19(29)11-9-17)14-23-26(33)31(27(34)37-23)15-24(32)30-20-6-4-3-5-7-20/h3-14H,2,15-16H2,1H3,(H,30,32)/b23-14+. The molecular weight excluding hydrogens is 580 g/mol. The van der Waals surface area contributed by atoms with Gasteiger partial charge in [-0.3, -0.25) is 19.3 Å². The average Bonchev–Trinajstić information content (AvgIpc) is 3.12. The average molecular weight is 602 g/mol. The predicted molar refractivity (Wildman–Crippen MR) is 149 cm³/mol. The first kappa shape index (κ1) is 26.8. The maximum atomic E-state index is 12.9. The quantitative estimate of drug-likeness (QED) is 0.273. The fourth-order valence-corrected chi connectivity index (χ4v) is 5.00. The molecule has 0 radical (unpaired) electrons. The molecule has 0 aromatic heterocycles. The van der Waals surface area contributed by atoms with Gasteiger partial charge >= 0.3 is 0 Å². The molecule has 1 N–H and O–H groups in total. The van der Waals surface area contributed by atoms with Gasteiger partial charge in [0.1, 0.15) is 13.2 Å². The summed E-state index contributed by atoms with van der Waals surface area (Å²) in [6, 6.07) is 19.7. The van der Waals surface area contributed by atoms with Crippen LogP contribution in [-0.2, 0) is 16.2 Å². The number of hydrogen-bond donors (Lipinski definition) is 1. The number of rotatable bonds is 9. The van der Waals surface area contributed by atoms with Gasteiger partial charge in [-0.2, -0.15) is 0 Å². The summed E-state index contributed by atoms with van der Waals surface area (Å²) in [6.45, 7) is 2.19. The van der Waals surface area contributed by atoms with Crippen molar-refractivity contribution in [3.05, 3.63) is 92.3 Å². The molecule has 1 fully saturated rings. The summed E-state index contributed by atoms with van der Waals surface area (Å²) >= 11 is 10.3. The highest BCUT2D eigenvalue weighted by molar-refractivity contribution is 9.10. The Kier molecular flexibility index (Phi) is 8.91. The molecular formula is C27H22BrClN2O5S. The molecule has 1 saturated heterocycles. The van der Waals surface area contributed by atoms with Crippen molar-refractivity contribution >= 4 is 68.1 Å². The van der Waals surface area contributed by atoms with Crippen LogP contribution in [-0.4, -0.2) is 35.1 Å². The Morgan fingerprint density at radius 1 is 1.08 bits per heavy atom. The van der Waals surface area contributed by atoms with Crippen LogP contribution >= 0.6 is 39.3 Å². The zero-order chi connectivity index (χ0) is 26.4. The normalized spacial score (nSPS) is 14.2. The van der Waals surface area contributed by atoms with Crippen molar-refractivity contribution in [3.8, 4) is 11.5 Å². The Morgan fingerprint density at radius 2 is 1.81 bits per heavy atom. The zero-order valence-electron chi connectivity index (χ0n) is 19.7. The number of carbonyl (C=O) groups is 3. The van der Waals surface area contributed by atoms with E-state index in [0.717, 1.165) is 22.2 Å². The minimum atomic E-state index is -0.532. The molecule has 0 atom stereocenters. The number of carbonyl (C=O) groups excluding carboxylic acids is 3. The first-order valence-corrected chi connectivity index (χ1v) is 13.3. The largest absolute Gasteiger partial charge is 0.490 e. The molecule has 190 valence electrons. The Labute approximate surface area is 231 Å². The Bertz CT molecular complexity index is 1350. The van der Waals surface area contributed by atoms with Crippen molar-refractivity contribution in [1.82, 2.24) is 4.90 Å². The van der Waals surface area contributed by atoms with Crippen molar-refractivity contribution in [2.75, 3.05) is 18.5 Å². The molecule has 3 aromatic carbocycles. The fraction of sp³-hybridized carbons (Fsp3) is 0.148. The number of nitrogens with one attached hydrogen (secondary N) is 1. The third-order valence-electron chi connectivity index (χ3n) is 5.16. The number of imide groups is 1. The lowest BCUT2D eigenvalue weighted by Crippen LogP contribution is -2.36. The van der Waals surface area contributed by atoms with Gasteiger partial charge in [0.05, 0.1) is 16.0 Å². The van der Waals surface area contributed by atoms with Crippen LogP contribution in [0.2, 0.25) is 5.02 Å². The van der Waals surface area contributed by atoms with Gasteiger partial charge in [0.15, 0.2) is 11.5 Å². The summed E-state index contributed by atoms with van der Waals surface area (Å²) in [6.07, 6.45) is 1.59. The molecule has 0 unspecified atom stereocenters. The molecule has 1 heterocycles. The highest BCUT2D eigenvalue weighted by Crippen LogP contribution is 2.39. The van der Waals surface area contributed by atoms with Gasteiger partial charge in [-0.05, 0) is 88.2 Å². The predicted octanol–water partition coefficient (Wildman–Crippen LogP) is 6.76. The van der Waals surface area contributed by atoms with Crippen LogP contribution in [0.4, 0.5) is 10.5 Å². The van der Waals surface area contributed by atoms with Crippen LogP contribution in [0.3, 0.4) is 0 Å². The van der Waals surface area contributed by atoms with Crippen molar-refractivity contribution in [2.45, 2.75) is 13.5 Å². The first-order valence-electron chi connectivity index (χ1n) is 11.3. The monoisotopic (exact) mass is 600 g/mol. The van der Waals surface area contributed by atoms with E-state index in [2.05, 4.69) is 21.2 Å². The molecule has 0 spiro atoms. The summed E-state index contributed by atoms with van der Waals surface area (Å²) < 4.78 is 12.4. The van der Waals surface area contributed by atoms with Crippen LogP contribution in [0, 0.1) is 0 Å². The van der Waals surface area contributed by atoms with Gasteiger partial charge in [-0.25, -0.2) is 0 Å². The minimum absolute atomic E-state index is 0.210. The summed E-state index contributed by atoms with van der Waals surface area (Å²) in [4.78, 5) is 38.9. The van der Waals surface area contributed by atoms with E-state index in [1.807, 2.05) is 25.1 Å². The second kappa shape index (κ2) is 12.3. The van der Waals surface area contributed by atoms with E-state index in [9.17, 15) is 14.4 Å². The van der Waals surface area contributed by atoms with Gasteiger partial charge < -0.3 is 14.8 Å². The summed E-state index contributed by atoms with van der Waals surface area (Å²) in [5.41, 5.74) is 2.16. The zero-order valence-corrected chi connectivity index (χ0v) is 22.9. The SMILES string of the molecule is CCOc1cc(/C=C2/SC(=O)N(CC(=O)Nc3ccccc3)C2=O)cc(Br)c1OCc1ccc(Cl)cc1. The number of benzene rings is 3. The van der Waals surface area contributed by atoms with Crippen LogP contribution in [0.5, 0.6) is 11.5 Å². The maximum Gasteiger partial charge on any atom is 0.294 e. The second-order valence-corrected chi connectivity index (χ2v) is 10.1. The van der Waals surface area contributed by atoms with Crippen LogP contribution in [0.25, 0.3) is 6.08 Å². The van der Waals surface area contributed by atoms with Crippen molar-refractivity contribution in [2.24, 2.45) is 0 Å². The first-order chi connectivity index (χ1) is 17.8. The maximum absolute atomic E-state index is 12.9. The van der Waals surface area contributed by atoms with Crippen LogP contribution in [0.1, 0.15) is 18.1 Å². The lowest BCUT2D eigenvalue weighted by atomic mass is 10.1. The smallest absolute Gasteiger partial charge is 0.294 e. The molecule has 0 aliphatic carbocycles. The van der Waals surface area contributed by atoms with E-state index < -0.39 is 17.1 Å². The van der Waals surface area contributed by atoms with Crippen molar-refractivity contribution < 1.29 is 23.9 Å². The number of amides is 3. The van der Waals surface area contributed by atoms with Crippen molar-refractivity contribution in [1.29, 1.82) is 0 Å². The van der Waals surface area contributed by atoms with Gasteiger partial charge in [-0.15, -0.1) is 0 Å². The number of halogens is 2. The molecule has 3 amide bonds. The molecule has 37 heavy (non-hydrogen) atoms.